The summed E-state index contributed by atoms with van der Waals surface area (Å²) in [4.78, 5) is 26.4. The van der Waals surface area contributed by atoms with Crippen LogP contribution < -0.4 is 0 Å². The Morgan fingerprint density at radius 1 is 1.04 bits per heavy atom. The molecule has 46 heavy (non-hydrogen) atoms. The molecule has 1 aromatic heterocycles. The quantitative estimate of drug-likeness (QED) is 0.0740. The largest absolute Gasteiger partial charge is 0.468 e. The first-order chi connectivity index (χ1) is 21.3. The summed E-state index contributed by atoms with van der Waals surface area (Å²) >= 11 is 5.22. The van der Waals surface area contributed by atoms with Gasteiger partial charge in [-0.05, 0) is 84.6 Å². The number of carbonyl (C=O) groups excluding carboxylic acids is 2. The molecule has 1 aliphatic rings. The van der Waals surface area contributed by atoms with Gasteiger partial charge in [-0.25, -0.2) is 0 Å². The van der Waals surface area contributed by atoms with E-state index in [1.807, 2.05) is 11.3 Å². The molecule has 0 aliphatic heterocycles. The average Bonchev–Trinajstić information content (AvgIpc) is 3.49. The van der Waals surface area contributed by atoms with E-state index >= 15 is 0 Å². The molecule has 1 fully saturated rings. The molecule has 0 bridgehead atoms. The summed E-state index contributed by atoms with van der Waals surface area (Å²) in [5, 5.41) is 1.33. The molecule has 1 saturated carbocycles. The van der Waals surface area contributed by atoms with Crippen LogP contribution in [0.5, 0.6) is 0 Å². The van der Waals surface area contributed by atoms with Crippen LogP contribution in [0.4, 0.5) is 0 Å². The highest BCUT2D eigenvalue weighted by molar-refractivity contribution is 8.01. The second-order valence-electron chi connectivity index (χ2n) is 15.5. The van der Waals surface area contributed by atoms with Crippen LogP contribution in [0.1, 0.15) is 65.7 Å². The molecule has 0 amide bonds. The number of thioether (sulfide) groups is 2. The number of rotatable bonds is 16. The number of Topliss-reactive ketones (excluding diaryl/α,β-unsaturated/α-hetero) is 1. The van der Waals surface area contributed by atoms with Gasteiger partial charge >= 0.3 is 5.97 Å². The van der Waals surface area contributed by atoms with E-state index in [1.54, 1.807) is 23.5 Å². The van der Waals surface area contributed by atoms with Gasteiger partial charge in [0, 0.05) is 21.9 Å². The predicted molar refractivity (Wildman–Crippen MR) is 207 cm³/mol. The summed E-state index contributed by atoms with van der Waals surface area (Å²) in [6.07, 6.45) is 7.67. The Kier molecular flexibility index (Phi) is 14.3. The monoisotopic (exact) mass is 722 g/mol. The zero-order valence-electron chi connectivity index (χ0n) is 30.1. The zero-order valence-corrected chi connectivity index (χ0v) is 34.5. The first kappa shape index (κ1) is 39.6. The lowest BCUT2D eigenvalue weighted by molar-refractivity contribution is -0.137. The van der Waals surface area contributed by atoms with Gasteiger partial charge in [-0.3, -0.25) is 9.59 Å². The molecule has 1 aromatic carbocycles. The van der Waals surface area contributed by atoms with Crippen LogP contribution >= 0.6 is 34.9 Å². The van der Waals surface area contributed by atoms with Crippen molar-refractivity contribution in [3.63, 3.8) is 0 Å². The molecular formula is C36H58O5S3Si2. The van der Waals surface area contributed by atoms with Gasteiger partial charge in [0.15, 0.2) is 16.6 Å². The van der Waals surface area contributed by atoms with E-state index in [0.29, 0.717) is 12.2 Å². The second-order valence-corrected chi connectivity index (χ2v) is 28.6. The molecule has 258 valence electrons. The van der Waals surface area contributed by atoms with Crippen molar-refractivity contribution in [2.75, 3.05) is 24.4 Å². The van der Waals surface area contributed by atoms with Crippen molar-refractivity contribution >= 4 is 73.3 Å². The van der Waals surface area contributed by atoms with E-state index in [4.69, 9.17) is 13.6 Å². The highest BCUT2D eigenvalue weighted by Crippen LogP contribution is 2.44. The molecule has 0 saturated heterocycles. The number of benzene rings is 1. The van der Waals surface area contributed by atoms with E-state index in [9.17, 15) is 9.59 Å². The van der Waals surface area contributed by atoms with Crippen LogP contribution in [-0.2, 0) is 29.6 Å². The van der Waals surface area contributed by atoms with Crippen LogP contribution in [-0.4, -0.2) is 70.2 Å². The van der Waals surface area contributed by atoms with Crippen molar-refractivity contribution in [2.24, 2.45) is 5.92 Å². The Morgan fingerprint density at radius 2 is 1.72 bits per heavy atom. The normalized spacial score (nSPS) is 20.6. The van der Waals surface area contributed by atoms with E-state index in [0.717, 1.165) is 30.8 Å². The summed E-state index contributed by atoms with van der Waals surface area (Å²) in [7, 11) is -2.72. The van der Waals surface area contributed by atoms with Gasteiger partial charge in [0.05, 0.1) is 30.3 Å². The molecule has 10 heteroatoms. The molecule has 5 nitrogen and oxygen atoms in total. The highest BCUT2D eigenvalue weighted by Gasteiger charge is 2.47. The number of thiophene rings is 1. The summed E-state index contributed by atoms with van der Waals surface area (Å²) in [5.41, 5.74) is 0. The van der Waals surface area contributed by atoms with Gasteiger partial charge < -0.3 is 13.6 Å². The molecule has 4 atom stereocenters. The number of ketones is 1. The number of hydrogen-bond donors (Lipinski definition) is 0. The second kappa shape index (κ2) is 16.7. The van der Waals surface area contributed by atoms with Gasteiger partial charge in [0.25, 0.3) is 0 Å². The molecule has 1 heterocycles. The topological polar surface area (TPSA) is 61.8 Å². The Hall–Kier alpha value is -0.886. The standard InChI is InChI=1S/C36H58O5S3Si2/c1-35(2,3)45(8,9)40-27(17-19-28-23-26-15-12-13-16-32(26)44-28)18-20-29-31(41-46(10,11)36(4,5)6)24-30(37)34(29)43-22-14-21-42-25-33(38)39-7/h12-13,15-16,18,20,23,27,29,31,34H,14,17,19,21-22,24-25H2,1-11H3/b20-18+/t27?,29-,31+,34+/m0/s1. The summed E-state index contributed by atoms with van der Waals surface area (Å²) in [6, 6.07) is 10.9. The van der Waals surface area contributed by atoms with Crippen molar-refractivity contribution in [2.45, 2.75) is 121 Å². The van der Waals surface area contributed by atoms with Crippen LogP contribution in [0.2, 0.25) is 36.3 Å². The minimum absolute atomic E-state index is 0.00388. The van der Waals surface area contributed by atoms with Crippen molar-refractivity contribution in [1.29, 1.82) is 0 Å². The number of hydrogen-bond acceptors (Lipinski definition) is 8. The Balaban J connectivity index is 1.83. The fourth-order valence-corrected chi connectivity index (χ4v) is 11.0. The Morgan fingerprint density at radius 3 is 2.35 bits per heavy atom. The number of aryl methyl sites for hydroxylation is 1. The number of methoxy groups -OCH3 is 1. The lowest BCUT2D eigenvalue weighted by atomic mass is 10.0. The van der Waals surface area contributed by atoms with E-state index in [1.165, 1.54) is 22.1 Å². The molecular weight excluding hydrogens is 665 g/mol. The lowest BCUT2D eigenvalue weighted by Crippen LogP contribution is -2.45. The van der Waals surface area contributed by atoms with Crippen molar-refractivity contribution in [3.05, 3.63) is 47.4 Å². The third kappa shape index (κ3) is 11.1. The third-order valence-corrected chi connectivity index (χ3v) is 22.5. The van der Waals surface area contributed by atoms with Crippen molar-refractivity contribution < 1.29 is 23.2 Å². The van der Waals surface area contributed by atoms with Gasteiger partial charge in [-0.15, -0.1) is 23.1 Å². The van der Waals surface area contributed by atoms with Crippen molar-refractivity contribution in [1.82, 2.24) is 0 Å². The molecule has 1 unspecified atom stereocenters. The molecule has 0 N–H and O–H groups in total. The molecule has 3 rings (SSSR count). The summed E-state index contributed by atoms with van der Waals surface area (Å²) < 4.78 is 20.1. The molecule has 2 aromatic rings. The highest BCUT2D eigenvalue weighted by atomic mass is 32.2. The Labute approximate surface area is 293 Å². The van der Waals surface area contributed by atoms with E-state index < -0.39 is 16.6 Å². The van der Waals surface area contributed by atoms with Crippen molar-refractivity contribution in [3.8, 4) is 0 Å². The van der Waals surface area contributed by atoms with Gasteiger partial charge in [0.1, 0.15) is 5.78 Å². The number of fused-ring (bicyclic) bond motifs is 1. The summed E-state index contributed by atoms with van der Waals surface area (Å²) in [5.74, 6) is 2.21. The number of carbonyl (C=O) groups is 2. The number of ether oxygens (including phenoxy) is 1. The molecule has 0 spiro atoms. The van der Waals surface area contributed by atoms with Gasteiger partial charge in [-0.1, -0.05) is 71.9 Å². The predicted octanol–water partition coefficient (Wildman–Crippen LogP) is 10.2. The Bertz CT molecular complexity index is 1290. The van der Waals surface area contributed by atoms with Gasteiger partial charge in [0.2, 0.25) is 0 Å². The first-order valence-electron chi connectivity index (χ1n) is 16.6. The van der Waals surface area contributed by atoms with Crippen LogP contribution in [0.15, 0.2) is 42.5 Å². The van der Waals surface area contributed by atoms with Gasteiger partial charge in [-0.2, -0.15) is 11.8 Å². The zero-order chi connectivity index (χ0) is 34.3. The lowest BCUT2D eigenvalue weighted by Gasteiger charge is -2.40. The van der Waals surface area contributed by atoms with E-state index in [-0.39, 0.29) is 45.2 Å². The minimum Gasteiger partial charge on any atom is -0.468 e. The summed E-state index contributed by atoms with van der Waals surface area (Å²) in [6.45, 7) is 22.9. The van der Waals surface area contributed by atoms with Crippen LogP contribution in [0.3, 0.4) is 0 Å². The molecule has 1 aliphatic carbocycles. The van der Waals surface area contributed by atoms with Crippen LogP contribution in [0, 0.1) is 5.92 Å². The molecule has 0 radical (unpaired) electrons. The number of esters is 1. The fourth-order valence-electron chi connectivity index (χ4n) is 5.00. The van der Waals surface area contributed by atoms with E-state index in [2.05, 4.69) is 110 Å². The average molecular weight is 723 g/mol. The first-order valence-corrected chi connectivity index (χ1v) is 25.5. The SMILES string of the molecule is COC(=O)CSCCCS[C@H]1C(=O)C[C@@H](O[Si](C)(C)C(C)(C)C)[C@@H]1/C=C/C(CCc1cc2ccccc2s1)O[Si](C)(C)C(C)(C)C. The minimum atomic E-state index is -2.09. The third-order valence-electron chi connectivity index (χ3n) is 9.88. The fraction of sp³-hybridized carbons (Fsp3) is 0.667. The maximum atomic E-state index is 13.6. The van der Waals surface area contributed by atoms with Crippen LogP contribution in [0.25, 0.3) is 10.1 Å². The smallest absolute Gasteiger partial charge is 0.315 e. The maximum absolute atomic E-state index is 13.6. The maximum Gasteiger partial charge on any atom is 0.315 e.